The molecule has 2 N–H and O–H groups in total. The third-order valence-electron chi connectivity index (χ3n) is 3.17. The normalized spacial score (nSPS) is 9.92. The molecule has 0 unspecified atom stereocenters. The van der Waals surface area contributed by atoms with Crippen molar-refractivity contribution in [2.75, 3.05) is 0 Å². The van der Waals surface area contributed by atoms with Crippen molar-refractivity contribution in [1.29, 1.82) is 0 Å². The Morgan fingerprint density at radius 1 is 0.720 bits per heavy atom. The Morgan fingerprint density at radius 2 is 1.08 bits per heavy atom. The van der Waals surface area contributed by atoms with Crippen LogP contribution in [0.5, 0.6) is 0 Å². The number of carboxylic acids is 2. The van der Waals surface area contributed by atoms with E-state index in [-0.39, 0.29) is 28.7 Å². The average molecular weight is 386 g/mol. The van der Waals surface area contributed by atoms with E-state index in [1.54, 1.807) is 48.5 Å². The zero-order chi connectivity index (χ0) is 17.1. The summed E-state index contributed by atoms with van der Waals surface area (Å²) in [5.74, 6) is -2.83. The van der Waals surface area contributed by atoms with Crippen molar-refractivity contribution in [3.05, 3.63) is 60.2 Å². The van der Waals surface area contributed by atoms with Crippen LogP contribution in [0.25, 0.3) is 22.1 Å². The van der Waals surface area contributed by atoms with Crippen LogP contribution in [-0.4, -0.2) is 31.9 Å². The number of aromatic carboxylic acids is 2. The van der Waals surface area contributed by atoms with E-state index >= 15 is 0 Å². The summed E-state index contributed by atoms with van der Waals surface area (Å²) in [5, 5.41) is 20.7. The fourth-order valence-electron chi connectivity index (χ4n) is 2.10. The first-order chi connectivity index (χ1) is 11.5. The van der Waals surface area contributed by atoms with Crippen LogP contribution in [0.4, 0.5) is 0 Å². The molecule has 0 amide bonds. The van der Waals surface area contributed by atoms with Crippen LogP contribution >= 0.6 is 0 Å². The van der Waals surface area contributed by atoms with Gasteiger partial charge in [0.2, 0.25) is 0 Å². The van der Waals surface area contributed by atoms with Gasteiger partial charge in [-0.1, -0.05) is 24.3 Å². The van der Waals surface area contributed by atoms with Gasteiger partial charge in [0.1, 0.15) is 11.9 Å². The first-order valence-corrected chi connectivity index (χ1v) is 6.87. The number of aromatic nitrogens is 4. The Bertz CT molecular complexity index is 891. The minimum absolute atomic E-state index is 0. The van der Waals surface area contributed by atoms with E-state index in [1.165, 1.54) is 0 Å². The fraction of sp³-hybridized carbons (Fsp3) is 0. The van der Waals surface area contributed by atoms with Gasteiger partial charge in [0.25, 0.3) is 0 Å². The molecule has 2 aromatic heterocycles. The van der Waals surface area contributed by atoms with E-state index in [0.717, 1.165) is 0 Å². The van der Waals surface area contributed by atoms with Gasteiger partial charge in [-0.15, -0.1) is 0 Å². The van der Waals surface area contributed by atoms with Crippen LogP contribution in [0, 0.1) is 0 Å². The Kier molecular flexibility index (Phi) is 5.53. The van der Waals surface area contributed by atoms with Crippen LogP contribution in [0.3, 0.4) is 0 Å². The number of carbonyl (C=O) groups is 2. The number of imidazole rings is 2. The summed E-state index contributed by atoms with van der Waals surface area (Å²) in [5.41, 5.74) is 2.68. The van der Waals surface area contributed by atoms with Crippen LogP contribution in [0.2, 0.25) is 0 Å². The molecule has 0 aliphatic rings. The molecule has 0 spiro atoms. The fourth-order valence-corrected chi connectivity index (χ4v) is 2.10. The van der Waals surface area contributed by atoms with Crippen molar-refractivity contribution < 1.29 is 36.9 Å². The number of hydrogen-bond donors (Lipinski definition) is 2. The Balaban J connectivity index is 0.000000173. The van der Waals surface area contributed by atoms with E-state index in [4.69, 9.17) is 0 Å². The number of carboxylic acid groups (broad SMARTS) is 2. The van der Waals surface area contributed by atoms with E-state index in [0.29, 0.717) is 22.1 Å². The molecule has 129 valence electrons. The molecule has 0 atom stereocenters. The Hall–Kier alpha value is -3.16. The summed E-state index contributed by atoms with van der Waals surface area (Å²) in [6.45, 7) is 0. The first-order valence-electron chi connectivity index (χ1n) is 6.87. The number of para-hydroxylation sites is 4. The van der Waals surface area contributed by atoms with Gasteiger partial charge in [-0.2, -0.15) is 0 Å². The quantitative estimate of drug-likeness (QED) is 0.460. The largest absolute Gasteiger partial charge is 2.00 e. The number of nitrogens with one attached hydrogen (secondary N) is 2. The van der Waals surface area contributed by atoms with Crippen LogP contribution in [0.15, 0.2) is 48.5 Å². The summed E-state index contributed by atoms with van der Waals surface area (Å²) in [6, 6.07) is 14.2. The number of carbonyl (C=O) groups excluding carboxylic acids is 2. The Labute approximate surface area is 151 Å². The molecule has 9 heteroatoms. The Morgan fingerprint density at radius 3 is 1.40 bits per heavy atom. The molecule has 0 bridgehead atoms. The molecule has 2 aromatic carbocycles. The number of aromatic amines is 2. The minimum Gasteiger partial charge on any atom is -0.542 e. The molecule has 25 heavy (non-hydrogen) atoms. The molecule has 0 saturated heterocycles. The third-order valence-corrected chi connectivity index (χ3v) is 3.17. The molecule has 4 rings (SSSR count). The monoisotopic (exact) mass is 385 g/mol. The van der Waals surface area contributed by atoms with Gasteiger partial charge in [-0.25, -0.2) is 9.97 Å². The predicted octanol–water partition coefficient (Wildman–Crippen LogP) is -0.150. The van der Waals surface area contributed by atoms with E-state index in [9.17, 15) is 19.8 Å². The molecule has 4 aromatic rings. The smallest absolute Gasteiger partial charge is 0.542 e. The molecule has 8 nitrogen and oxygen atoms in total. The number of nitrogens with zero attached hydrogens (tertiary/aromatic N) is 2. The summed E-state index contributed by atoms with van der Waals surface area (Å²) in [6.07, 6.45) is 0. The molecule has 1 radical (unpaired) electrons. The maximum Gasteiger partial charge on any atom is 2.00 e. The average Bonchev–Trinajstić information content (AvgIpc) is 3.19. The van der Waals surface area contributed by atoms with E-state index < -0.39 is 11.9 Å². The van der Waals surface area contributed by atoms with Crippen molar-refractivity contribution in [3.8, 4) is 0 Å². The van der Waals surface area contributed by atoms with Crippen molar-refractivity contribution in [1.82, 2.24) is 19.9 Å². The van der Waals surface area contributed by atoms with Gasteiger partial charge < -0.3 is 29.8 Å². The summed E-state index contributed by atoms with van der Waals surface area (Å²) in [4.78, 5) is 33.6. The topological polar surface area (TPSA) is 138 Å². The summed E-state index contributed by atoms with van der Waals surface area (Å²) >= 11 is 0. The van der Waals surface area contributed by atoms with Crippen molar-refractivity contribution >= 4 is 34.0 Å². The first kappa shape index (κ1) is 18.2. The number of benzene rings is 2. The van der Waals surface area contributed by atoms with Gasteiger partial charge in [0, 0.05) is 0 Å². The van der Waals surface area contributed by atoms with Crippen molar-refractivity contribution in [2.45, 2.75) is 0 Å². The molecule has 0 saturated carbocycles. The van der Waals surface area contributed by atoms with Gasteiger partial charge >= 0.3 is 17.1 Å². The van der Waals surface area contributed by atoms with Gasteiger partial charge in [0.05, 0.1) is 22.1 Å². The number of H-pyrrole nitrogens is 2. The minimum atomic E-state index is -1.29. The number of rotatable bonds is 2. The molecule has 0 aliphatic carbocycles. The third kappa shape index (κ3) is 4.03. The zero-order valence-electron chi connectivity index (χ0n) is 12.4. The van der Waals surface area contributed by atoms with E-state index in [1.807, 2.05) is 0 Å². The van der Waals surface area contributed by atoms with Gasteiger partial charge in [-0.3, -0.25) is 0 Å². The molecular weight excluding hydrogens is 376 g/mol. The van der Waals surface area contributed by atoms with Gasteiger partial charge in [-0.05, 0) is 24.3 Å². The second kappa shape index (κ2) is 7.61. The maximum absolute atomic E-state index is 10.4. The summed E-state index contributed by atoms with van der Waals surface area (Å²) < 4.78 is 0. The predicted molar refractivity (Wildman–Crippen MR) is 80.8 cm³/mol. The van der Waals surface area contributed by atoms with Gasteiger partial charge in [0.15, 0.2) is 11.6 Å². The standard InChI is InChI=1S/2C8H6N2O2.Cu/c2*11-8(12)7-9-5-3-1-2-4-6(5)10-7;/h2*1-4H,(H,9,10)(H,11,12);/q;;+2/p-2. The summed E-state index contributed by atoms with van der Waals surface area (Å²) in [7, 11) is 0. The molecular formula is C16H10CuN4O4. The molecule has 0 fully saturated rings. The number of fused-ring (bicyclic) bond motifs is 2. The maximum atomic E-state index is 10.4. The van der Waals surface area contributed by atoms with Crippen LogP contribution < -0.4 is 10.2 Å². The second-order valence-electron chi connectivity index (χ2n) is 4.78. The molecule has 2 heterocycles. The molecule has 0 aliphatic heterocycles. The second-order valence-corrected chi connectivity index (χ2v) is 4.78. The number of hydrogen-bond acceptors (Lipinski definition) is 6. The zero-order valence-corrected chi connectivity index (χ0v) is 13.4. The van der Waals surface area contributed by atoms with Crippen LogP contribution in [-0.2, 0) is 17.1 Å². The van der Waals surface area contributed by atoms with Crippen molar-refractivity contribution in [3.63, 3.8) is 0 Å². The SMILES string of the molecule is O=C([O-])c1nc2ccccc2[nH]1.O=C([O-])c1nc2ccccc2[nH]1.[Cu+2]. The van der Waals surface area contributed by atoms with E-state index in [2.05, 4.69) is 19.9 Å². The van der Waals surface area contributed by atoms with Crippen LogP contribution in [0.1, 0.15) is 21.2 Å². The van der Waals surface area contributed by atoms with Crippen molar-refractivity contribution in [2.24, 2.45) is 0 Å².